The Balaban J connectivity index is 1.61. The zero-order valence-corrected chi connectivity index (χ0v) is 14.6. The molecule has 0 aliphatic heterocycles. The van der Waals surface area contributed by atoms with E-state index in [0.717, 1.165) is 16.7 Å². The SMILES string of the molecule is CNC(=O)CNC(=O)COC(=O)c1ccc(-n2cnc3ccccc32)cc1. The lowest BCUT2D eigenvalue weighted by Crippen LogP contribution is -2.37. The number of hydrogen-bond acceptors (Lipinski definition) is 5. The first-order valence-corrected chi connectivity index (χ1v) is 8.25. The largest absolute Gasteiger partial charge is 0.452 e. The topological polar surface area (TPSA) is 102 Å². The maximum atomic E-state index is 12.1. The van der Waals surface area contributed by atoms with E-state index in [1.807, 2.05) is 28.8 Å². The number of aromatic nitrogens is 2. The molecule has 2 aromatic carbocycles. The molecule has 3 aromatic rings. The molecule has 3 rings (SSSR count). The van der Waals surface area contributed by atoms with Gasteiger partial charge in [-0.1, -0.05) is 12.1 Å². The molecule has 1 heterocycles. The predicted octanol–water partition coefficient (Wildman–Crippen LogP) is 1.04. The molecule has 0 spiro atoms. The van der Waals surface area contributed by atoms with Gasteiger partial charge in [0.25, 0.3) is 5.91 Å². The number of carbonyl (C=O) groups excluding carboxylic acids is 3. The molecule has 0 atom stereocenters. The summed E-state index contributed by atoms with van der Waals surface area (Å²) in [7, 11) is 1.46. The molecule has 27 heavy (non-hydrogen) atoms. The van der Waals surface area contributed by atoms with Crippen LogP contribution in [0, 0.1) is 0 Å². The molecule has 0 aliphatic rings. The zero-order chi connectivity index (χ0) is 19.2. The van der Waals surface area contributed by atoms with Gasteiger partial charge < -0.3 is 15.4 Å². The summed E-state index contributed by atoms with van der Waals surface area (Å²) < 4.78 is 6.87. The lowest BCUT2D eigenvalue weighted by molar-refractivity contribution is -0.127. The van der Waals surface area contributed by atoms with Gasteiger partial charge in [-0.3, -0.25) is 14.2 Å². The number of para-hydroxylation sites is 2. The predicted molar refractivity (Wildman–Crippen MR) is 98.4 cm³/mol. The van der Waals surface area contributed by atoms with E-state index in [1.165, 1.54) is 7.05 Å². The van der Waals surface area contributed by atoms with Crippen molar-refractivity contribution < 1.29 is 19.1 Å². The Morgan fingerprint density at radius 3 is 2.52 bits per heavy atom. The number of fused-ring (bicyclic) bond motifs is 1. The smallest absolute Gasteiger partial charge is 0.338 e. The van der Waals surface area contributed by atoms with Crippen LogP contribution in [0.1, 0.15) is 10.4 Å². The minimum atomic E-state index is -0.618. The number of esters is 1. The summed E-state index contributed by atoms with van der Waals surface area (Å²) in [6.45, 7) is -0.621. The van der Waals surface area contributed by atoms with Crippen LogP contribution in [-0.2, 0) is 14.3 Å². The van der Waals surface area contributed by atoms with E-state index in [9.17, 15) is 14.4 Å². The average Bonchev–Trinajstić information content (AvgIpc) is 3.14. The summed E-state index contributed by atoms with van der Waals surface area (Å²) in [6.07, 6.45) is 1.72. The van der Waals surface area contributed by atoms with Crippen molar-refractivity contribution in [2.45, 2.75) is 0 Å². The van der Waals surface area contributed by atoms with Gasteiger partial charge >= 0.3 is 5.97 Å². The third kappa shape index (κ3) is 4.30. The summed E-state index contributed by atoms with van der Waals surface area (Å²) in [5, 5.41) is 4.72. The van der Waals surface area contributed by atoms with Crippen molar-refractivity contribution in [3.05, 3.63) is 60.4 Å². The molecule has 2 N–H and O–H groups in total. The van der Waals surface area contributed by atoms with Crippen molar-refractivity contribution >= 4 is 28.8 Å². The monoisotopic (exact) mass is 366 g/mol. The fraction of sp³-hybridized carbons (Fsp3) is 0.158. The molecule has 138 valence electrons. The van der Waals surface area contributed by atoms with Gasteiger partial charge in [-0.25, -0.2) is 9.78 Å². The summed E-state index contributed by atoms with van der Waals surface area (Å²) in [5.74, 6) is -1.50. The molecule has 0 aliphatic carbocycles. The van der Waals surface area contributed by atoms with Gasteiger partial charge in [0.15, 0.2) is 6.61 Å². The second kappa shape index (κ2) is 8.13. The van der Waals surface area contributed by atoms with Gasteiger partial charge in [0.05, 0.1) is 23.1 Å². The maximum absolute atomic E-state index is 12.1. The van der Waals surface area contributed by atoms with E-state index in [-0.39, 0.29) is 12.5 Å². The van der Waals surface area contributed by atoms with E-state index in [0.29, 0.717) is 5.56 Å². The standard InChI is InChI=1S/C19H18N4O4/c1-20-17(24)10-21-18(25)11-27-19(26)13-6-8-14(9-7-13)23-12-22-15-4-2-3-5-16(15)23/h2-9,12H,10-11H2,1H3,(H,20,24)(H,21,25). The highest BCUT2D eigenvalue weighted by molar-refractivity contribution is 5.92. The number of nitrogens with one attached hydrogen (secondary N) is 2. The molecule has 2 amide bonds. The minimum Gasteiger partial charge on any atom is -0.452 e. The number of hydrogen-bond donors (Lipinski definition) is 2. The van der Waals surface area contributed by atoms with Crippen LogP contribution in [0.25, 0.3) is 16.7 Å². The van der Waals surface area contributed by atoms with Crippen LogP contribution in [0.5, 0.6) is 0 Å². The van der Waals surface area contributed by atoms with E-state index in [4.69, 9.17) is 4.74 Å². The maximum Gasteiger partial charge on any atom is 0.338 e. The van der Waals surface area contributed by atoms with Gasteiger partial charge in [0.2, 0.25) is 5.91 Å². The molecule has 8 nitrogen and oxygen atoms in total. The van der Waals surface area contributed by atoms with Gasteiger partial charge in [0.1, 0.15) is 6.33 Å². The first kappa shape index (κ1) is 18.1. The Kier molecular flexibility index (Phi) is 5.46. The van der Waals surface area contributed by atoms with Crippen LogP contribution < -0.4 is 10.6 Å². The van der Waals surface area contributed by atoms with Crippen LogP contribution in [0.4, 0.5) is 0 Å². The van der Waals surface area contributed by atoms with Gasteiger partial charge in [-0.2, -0.15) is 0 Å². The van der Waals surface area contributed by atoms with Crippen molar-refractivity contribution in [1.29, 1.82) is 0 Å². The number of amides is 2. The zero-order valence-electron chi connectivity index (χ0n) is 14.6. The molecule has 1 aromatic heterocycles. The number of likely N-dealkylation sites (N-methyl/N-ethyl adjacent to an activating group) is 1. The Bertz CT molecular complexity index is 979. The first-order valence-electron chi connectivity index (χ1n) is 8.25. The van der Waals surface area contributed by atoms with E-state index < -0.39 is 18.5 Å². The van der Waals surface area contributed by atoms with Crippen LogP contribution in [0.15, 0.2) is 54.9 Å². The lowest BCUT2D eigenvalue weighted by Gasteiger charge is -2.07. The van der Waals surface area contributed by atoms with Gasteiger partial charge in [-0.05, 0) is 36.4 Å². The Labute approximate surface area is 155 Å². The summed E-state index contributed by atoms with van der Waals surface area (Å²) in [4.78, 5) is 39.0. The van der Waals surface area contributed by atoms with E-state index >= 15 is 0 Å². The van der Waals surface area contributed by atoms with Crippen LogP contribution in [0.2, 0.25) is 0 Å². The van der Waals surface area contributed by atoms with Crippen molar-refractivity contribution in [2.24, 2.45) is 0 Å². The number of carbonyl (C=O) groups is 3. The molecule has 0 bridgehead atoms. The molecule has 0 radical (unpaired) electrons. The fourth-order valence-electron chi connectivity index (χ4n) is 2.46. The number of nitrogens with zero attached hydrogens (tertiary/aromatic N) is 2. The molecule has 0 saturated carbocycles. The van der Waals surface area contributed by atoms with E-state index in [2.05, 4.69) is 15.6 Å². The Hall–Kier alpha value is -3.68. The quantitative estimate of drug-likeness (QED) is 0.635. The third-order valence-electron chi connectivity index (χ3n) is 3.89. The van der Waals surface area contributed by atoms with Crippen LogP contribution >= 0.6 is 0 Å². The van der Waals surface area contributed by atoms with E-state index in [1.54, 1.807) is 30.6 Å². The van der Waals surface area contributed by atoms with Gasteiger partial charge in [-0.15, -0.1) is 0 Å². The lowest BCUT2D eigenvalue weighted by atomic mass is 10.2. The highest BCUT2D eigenvalue weighted by Gasteiger charge is 2.11. The van der Waals surface area contributed by atoms with Crippen molar-refractivity contribution in [2.75, 3.05) is 20.2 Å². The minimum absolute atomic E-state index is 0.166. The molecule has 0 fully saturated rings. The number of benzene rings is 2. The second-order valence-corrected chi connectivity index (χ2v) is 5.68. The first-order chi connectivity index (χ1) is 13.1. The normalized spacial score (nSPS) is 10.4. The molecule has 0 saturated heterocycles. The van der Waals surface area contributed by atoms with Crippen molar-refractivity contribution in [1.82, 2.24) is 20.2 Å². The highest BCUT2D eigenvalue weighted by atomic mass is 16.5. The third-order valence-corrected chi connectivity index (χ3v) is 3.89. The van der Waals surface area contributed by atoms with Crippen molar-refractivity contribution in [3.8, 4) is 5.69 Å². The summed E-state index contributed by atoms with van der Waals surface area (Å²) in [5.41, 5.74) is 3.01. The molecular formula is C19H18N4O4. The average molecular weight is 366 g/mol. The van der Waals surface area contributed by atoms with Gasteiger partial charge in [0, 0.05) is 12.7 Å². The number of imidazole rings is 1. The van der Waals surface area contributed by atoms with Crippen LogP contribution in [0.3, 0.4) is 0 Å². The second-order valence-electron chi connectivity index (χ2n) is 5.68. The van der Waals surface area contributed by atoms with Crippen molar-refractivity contribution in [3.63, 3.8) is 0 Å². The van der Waals surface area contributed by atoms with Crippen LogP contribution in [-0.4, -0.2) is 47.5 Å². The Morgan fingerprint density at radius 1 is 1.04 bits per heavy atom. The Morgan fingerprint density at radius 2 is 1.78 bits per heavy atom. The highest BCUT2D eigenvalue weighted by Crippen LogP contribution is 2.18. The molecule has 8 heteroatoms. The fourth-order valence-corrected chi connectivity index (χ4v) is 2.46. The number of rotatable bonds is 6. The molecule has 0 unspecified atom stereocenters. The summed E-state index contributed by atoms with van der Waals surface area (Å²) in [6, 6.07) is 14.5. The number of ether oxygens (including phenoxy) is 1. The molecular weight excluding hydrogens is 348 g/mol. The summed E-state index contributed by atoms with van der Waals surface area (Å²) >= 11 is 0.